The molecule has 0 atom stereocenters. The van der Waals surface area contributed by atoms with Crippen LogP contribution >= 0.6 is 0 Å². The molecular weight excluding hydrogens is 338 g/mol. The fourth-order valence-corrected chi connectivity index (χ4v) is 2.52. The summed E-state index contributed by atoms with van der Waals surface area (Å²) in [5.74, 6) is -0.166. The average molecular weight is 355 g/mol. The lowest BCUT2D eigenvalue weighted by Crippen LogP contribution is -2.34. The van der Waals surface area contributed by atoms with Crippen LogP contribution < -0.4 is 21.2 Å². The molecule has 0 saturated heterocycles. The zero-order valence-electron chi connectivity index (χ0n) is 14.3. The van der Waals surface area contributed by atoms with Gasteiger partial charge in [0.1, 0.15) is 5.56 Å². The molecule has 2 aromatic heterocycles. The van der Waals surface area contributed by atoms with Gasteiger partial charge < -0.3 is 14.5 Å². The lowest BCUT2D eigenvalue weighted by atomic mass is 10.1. The summed E-state index contributed by atoms with van der Waals surface area (Å²) < 4.78 is 11.6. The Balaban J connectivity index is 1.77. The topological polar surface area (TPSA) is 103 Å². The van der Waals surface area contributed by atoms with Gasteiger partial charge in [0.05, 0.1) is 19.3 Å². The number of hydrogen-bond donors (Lipinski definition) is 1. The van der Waals surface area contributed by atoms with Crippen LogP contribution in [0, 0.1) is 6.92 Å². The normalized spacial score (nSPS) is 10.7. The fraction of sp³-hybridized carbons (Fsp3) is 0.222. The maximum atomic E-state index is 12.3. The minimum Gasteiger partial charge on any atom is -0.493 e. The molecule has 0 spiro atoms. The number of carbonyl (C=O) groups excluding carboxylic acids is 1. The van der Waals surface area contributed by atoms with E-state index in [4.69, 9.17) is 9.15 Å². The highest BCUT2D eigenvalue weighted by molar-refractivity contribution is 5.97. The lowest BCUT2D eigenvalue weighted by molar-refractivity contribution is 0.0948. The van der Waals surface area contributed by atoms with Crippen LogP contribution in [0.25, 0.3) is 11.0 Å². The summed E-state index contributed by atoms with van der Waals surface area (Å²) in [6.45, 7) is 2.10. The molecule has 26 heavy (non-hydrogen) atoms. The Hall–Kier alpha value is -3.42. The standard InChI is InChI=1S/C18H17N3O5/c1-11-6-7-15(22)21(20-11)9-8-19-17(23)13-10-12-4-3-5-14(25-2)16(12)26-18(13)24/h3-7,10H,8-9H2,1-2H3,(H,19,23). The molecule has 0 saturated carbocycles. The Morgan fingerprint density at radius 1 is 1.27 bits per heavy atom. The maximum Gasteiger partial charge on any atom is 0.349 e. The molecule has 0 bridgehead atoms. The third-order valence-electron chi connectivity index (χ3n) is 3.80. The second-order valence-corrected chi connectivity index (χ2v) is 5.62. The molecule has 0 aliphatic rings. The molecule has 0 aliphatic heterocycles. The van der Waals surface area contributed by atoms with Gasteiger partial charge >= 0.3 is 5.63 Å². The number of amides is 1. The van der Waals surface area contributed by atoms with Gasteiger partial charge in [0, 0.05) is 18.0 Å². The zero-order chi connectivity index (χ0) is 18.7. The van der Waals surface area contributed by atoms with E-state index in [-0.39, 0.29) is 29.8 Å². The van der Waals surface area contributed by atoms with E-state index >= 15 is 0 Å². The molecule has 3 rings (SSSR count). The van der Waals surface area contributed by atoms with Crippen molar-refractivity contribution in [3.63, 3.8) is 0 Å². The first-order valence-corrected chi connectivity index (χ1v) is 7.93. The molecule has 134 valence electrons. The zero-order valence-corrected chi connectivity index (χ0v) is 14.3. The average Bonchev–Trinajstić information content (AvgIpc) is 2.63. The summed E-state index contributed by atoms with van der Waals surface area (Å²) in [7, 11) is 1.47. The van der Waals surface area contributed by atoms with Crippen molar-refractivity contribution < 1.29 is 13.9 Å². The van der Waals surface area contributed by atoms with Crippen molar-refractivity contribution in [3.05, 3.63) is 68.4 Å². The monoisotopic (exact) mass is 355 g/mol. The first kappa shape index (κ1) is 17.4. The van der Waals surface area contributed by atoms with Crippen LogP contribution in [0.4, 0.5) is 0 Å². The summed E-state index contributed by atoms with van der Waals surface area (Å²) >= 11 is 0. The third kappa shape index (κ3) is 3.49. The van der Waals surface area contributed by atoms with Crippen LogP contribution in [0.15, 0.2) is 50.4 Å². The van der Waals surface area contributed by atoms with E-state index in [2.05, 4.69) is 10.4 Å². The van der Waals surface area contributed by atoms with Gasteiger partial charge in [-0.1, -0.05) is 12.1 Å². The number of aromatic nitrogens is 2. The molecule has 0 unspecified atom stereocenters. The number of hydrogen-bond acceptors (Lipinski definition) is 6. The van der Waals surface area contributed by atoms with E-state index in [1.807, 2.05) is 0 Å². The maximum absolute atomic E-state index is 12.3. The number of nitrogens with zero attached hydrogens (tertiary/aromatic N) is 2. The van der Waals surface area contributed by atoms with Gasteiger partial charge in [-0.15, -0.1) is 0 Å². The number of benzene rings is 1. The highest BCUT2D eigenvalue weighted by Crippen LogP contribution is 2.24. The van der Waals surface area contributed by atoms with Crippen LogP contribution in [0.5, 0.6) is 5.75 Å². The van der Waals surface area contributed by atoms with Gasteiger partial charge in [0.15, 0.2) is 11.3 Å². The van der Waals surface area contributed by atoms with Crippen LogP contribution in [0.1, 0.15) is 16.1 Å². The Morgan fingerprint density at radius 2 is 2.08 bits per heavy atom. The number of aryl methyl sites for hydroxylation is 1. The number of carbonyl (C=O) groups is 1. The first-order valence-electron chi connectivity index (χ1n) is 7.93. The smallest absolute Gasteiger partial charge is 0.349 e. The first-order chi connectivity index (χ1) is 12.5. The summed E-state index contributed by atoms with van der Waals surface area (Å²) in [5, 5.41) is 7.25. The van der Waals surface area contributed by atoms with Gasteiger partial charge in [-0.2, -0.15) is 5.10 Å². The fourth-order valence-electron chi connectivity index (χ4n) is 2.52. The van der Waals surface area contributed by atoms with E-state index < -0.39 is 11.5 Å². The van der Waals surface area contributed by atoms with Gasteiger partial charge in [-0.3, -0.25) is 9.59 Å². The molecule has 0 aliphatic carbocycles. The predicted octanol–water partition coefficient (Wildman–Crippen LogP) is 1.10. The van der Waals surface area contributed by atoms with E-state index in [0.717, 1.165) is 0 Å². The van der Waals surface area contributed by atoms with E-state index in [1.165, 1.54) is 23.9 Å². The van der Waals surface area contributed by atoms with E-state index in [1.54, 1.807) is 31.2 Å². The van der Waals surface area contributed by atoms with Crippen molar-refractivity contribution in [1.29, 1.82) is 0 Å². The van der Waals surface area contributed by atoms with Gasteiger partial charge in [0.2, 0.25) is 0 Å². The van der Waals surface area contributed by atoms with Crippen molar-refractivity contribution in [3.8, 4) is 5.75 Å². The Kier molecular flexibility index (Phi) is 4.83. The molecule has 1 aromatic carbocycles. The SMILES string of the molecule is COc1cccc2cc(C(=O)NCCn3nc(C)ccc3=O)c(=O)oc12. The number of rotatable bonds is 5. The summed E-state index contributed by atoms with van der Waals surface area (Å²) in [4.78, 5) is 36.1. The quantitative estimate of drug-likeness (QED) is 0.687. The van der Waals surface area contributed by atoms with Crippen LogP contribution in [0.2, 0.25) is 0 Å². The van der Waals surface area contributed by atoms with Crippen molar-refractivity contribution in [2.24, 2.45) is 0 Å². The van der Waals surface area contributed by atoms with Crippen LogP contribution in [-0.4, -0.2) is 29.3 Å². The number of fused-ring (bicyclic) bond motifs is 1. The molecule has 1 amide bonds. The van der Waals surface area contributed by atoms with Crippen LogP contribution in [0.3, 0.4) is 0 Å². The Morgan fingerprint density at radius 3 is 2.85 bits per heavy atom. The second kappa shape index (κ2) is 7.22. The molecular formula is C18H17N3O5. The number of ether oxygens (including phenoxy) is 1. The van der Waals surface area contributed by atoms with E-state index in [0.29, 0.717) is 16.8 Å². The molecule has 8 nitrogen and oxygen atoms in total. The van der Waals surface area contributed by atoms with Crippen molar-refractivity contribution in [2.45, 2.75) is 13.5 Å². The molecule has 0 radical (unpaired) electrons. The third-order valence-corrected chi connectivity index (χ3v) is 3.80. The highest BCUT2D eigenvalue weighted by atomic mass is 16.5. The van der Waals surface area contributed by atoms with Gasteiger partial charge in [-0.05, 0) is 25.1 Å². The Labute approximate surface area is 148 Å². The number of para-hydroxylation sites is 1. The minimum absolute atomic E-state index is 0.115. The molecule has 3 aromatic rings. The minimum atomic E-state index is -0.759. The molecule has 0 fully saturated rings. The summed E-state index contributed by atoms with van der Waals surface area (Å²) in [6.07, 6.45) is 0. The second-order valence-electron chi connectivity index (χ2n) is 5.62. The predicted molar refractivity (Wildman–Crippen MR) is 94.6 cm³/mol. The largest absolute Gasteiger partial charge is 0.493 e. The van der Waals surface area contributed by atoms with Gasteiger partial charge in [-0.25, -0.2) is 9.48 Å². The van der Waals surface area contributed by atoms with E-state index in [9.17, 15) is 14.4 Å². The van der Waals surface area contributed by atoms with Gasteiger partial charge in [0.25, 0.3) is 11.5 Å². The summed E-state index contributed by atoms with van der Waals surface area (Å²) in [6, 6.07) is 9.60. The lowest BCUT2D eigenvalue weighted by Gasteiger charge is -2.08. The van der Waals surface area contributed by atoms with Crippen molar-refractivity contribution in [1.82, 2.24) is 15.1 Å². The Bertz CT molecular complexity index is 1080. The summed E-state index contributed by atoms with van der Waals surface area (Å²) in [5.41, 5.74) is -0.157. The highest BCUT2D eigenvalue weighted by Gasteiger charge is 2.15. The number of methoxy groups -OCH3 is 1. The number of nitrogens with one attached hydrogen (secondary N) is 1. The molecule has 2 heterocycles. The van der Waals surface area contributed by atoms with Crippen molar-refractivity contribution in [2.75, 3.05) is 13.7 Å². The molecule has 8 heteroatoms. The molecule has 1 N–H and O–H groups in total. The van der Waals surface area contributed by atoms with Crippen molar-refractivity contribution >= 4 is 16.9 Å². The van der Waals surface area contributed by atoms with Crippen LogP contribution in [-0.2, 0) is 6.54 Å².